The van der Waals surface area contributed by atoms with Gasteiger partial charge in [-0.3, -0.25) is 0 Å². The number of halogens is 1. The molecule has 3 nitrogen and oxygen atoms in total. The lowest BCUT2D eigenvalue weighted by Crippen LogP contribution is -3.00. The van der Waals surface area contributed by atoms with Gasteiger partial charge in [0.25, 0.3) is 5.70 Å². The molecular weight excluding hydrogens is 337 g/mol. The van der Waals surface area contributed by atoms with Gasteiger partial charge in [-0.1, -0.05) is 12.1 Å². The lowest BCUT2D eigenvalue weighted by Gasteiger charge is -2.04. The first-order valence-corrected chi connectivity index (χ1v) is 5.81. The fraction of sp³-hybridized carbons (Fsp3) is 0.214. The Morgan fingerprint density at radius 2 is 1.89 bits per heavy atom. The SMILES string of the molecule is NCCc1ccc(NCC2=CC=CC=[N+]2)cc1.[I-]. The molecule has 95 valence electrons. The van der Waals surface area contributed by atoms with E-state index in [0.717, 1.165) is 24.4 Å². The van der Waals surface area contributed by atoms with Crippen molar-refractivity contribution in [1.29, 1.82) is 0 Å². The summed E-state index contributed by atoms with van der Waals surface area (Å²) in [6.07, 6.45) is 8.66. The summed E-state index contributed by atoms with van der Waals surface area (Å²) in [7, 11) is 0. The van der Waals surface area contributed by atoms with Crippen LogP contribution in [0.3, 0.4) is 0 Å². The number of hydrogen-bond donors (Lipinski definition) is 2. The van der Waals surface area contributed by atoms with Crippen LogP contribution in [0.25, 0.3) is 0 Å². The maximum atomic E-state index is 5.51. The zero-order valence-corrected chi connectivity index (χ0v) is 12.3. The minimum Gasteiger partial charge on any atom is -1.00 e. The molecule has 0 fully saturated rings. The summed E-state index contributed by atoms with van der Waals surface area (Å²) in [5.41, 5.74) is 8.93. The summed E-state index contributed by atoms with van der Waals surface area (Å²) in [5.74, 6) is 0. The molecule has 0 aliphatic carbocycles. The molecule has 18 heavy (non-hydrogen) atoms. The van der Waals surface area contributed by atoms with Crippen molar-refractivity contribution in [3.63, 3.8) is 0 Å². The lowest BCUT2D eigenvalue weighted by molar-refractivity contribution is -0.00000355. The summed E-state index contributed by atoms with van der Waals surface area (Å²) in [6.45, 7) is 1.44. The highest BCUT2D eigenvalue weighted by Gasteiger charge is 2.07. The Morgan fingerprint density at radius 1 is 1.11 bits per heavy atom. The Hall–Kier alpha value is -1.14. The number of nitrogens with one attached hydrogen (secondary N) is 1. The van der Waals surface area contributed by atoms with E-state index in [9.17, 15) is 0 Å². The van der Waals surface area contributed by atoms with Gasteiger partial charge in [0.05, 0.1) is 4.99 Å². The van der Waals surface area contributed by atoms with Crippen molar-refractivity contribution in [1.82, 2.24) is 4.99 Å². The largest absolute Gasteiger partial charge is 1.00 e. The van der Waals surface area contributed by atoms with Crippen LogP contribution in [0.4, 0.5) is 5.69 Å². The average Bonchev–Trinajstić information content (AvgIpc) is 2.40. The van der Waals surface area contributed by atoms with E-state index in [4.69, 9.17) is 5.73 Å². The van der Waals surface area contributed by atoms with E-state index >= 15 is 0 Å². The minimum absolute atomic E-state index is 0. The Kier molecular flexibility index (Phi) is 6.67. The van der Waals surface area contributed by atoms with E-state index in [2.05, 4.69) is 34.6 Å². The molecule has 1 aromatic rings. The Labute approximate surface area is 125 Å². The molecule has 0 bridgehead atoms. The average molecular weight is 354 g/mol. The molecule has 1 heterocycles. The molecule has 0 saturated heterocycles. The normalized spacial score (nSPS) is 12.8. The lowest BCUT2D eigenvalue weighted by atomic mass is 10.1. The monoisotopic (exact) mass is 354 g/mol. The smallest absolute Gasteiger partial charge is 0.272 e. The van der Waals surface area contributed by atoms with Gasteiger partial charge in [-0.05, 0) is 36.7 Å². The van der Waals surface area contributed by atoms with Gasteiger partial charge >= 0.3 is 0 Å². The topological polar surface area (TPSA) is 52.1 Å². The van der Waals surface area contributed by atoms with E-state index in [0.29, 0.717) is 6.54 Å². The standard InChI is InChI=1S/C14H17N3.HI/c15-9-8-12-4-6-13(7-5-12)17-11-14-3-1-2-10-16-14;/h1-7,10,17H,8-9,11,15H2;1H/q+1;/p-1. The van der Waals surface area contributed by atoms with Crippen molar-refractivity contribution in [2.45, 2.75) is 6.42 Å². The summed E-state index contributed by atoms with van der Waals surface area (Å²) in [4.78, 5) is 4.26. The number of hydrogen-bond acceptors (Lipinski definition) is 3. The van der Waals surface area contributed by atoms with Crippen LogP contribution in [-0.4, -0.2) is 19.3 Å². The van der Waals surface area contributed by atoms with Crippen LogP contribution in [0.2, 0.25) is 0 Å². The fourth-order valence-corrected chi connectivity index (χ4v) is 1.65. The van der Waals surface area contributed by atoms with Crippen molar-refractivity contribution in [3.05, 3.63) is 53.8 Å². The fourth-order valence-electron chi connectivity index (χ4n) is 1.65. The van der Waals surface area contributed by atoms with Gasteiger partial charge in [-0.25, -0.2) is 0 Å². The molecule has 3 N–H and O–H groups in total. The third kappa shape index (κ3) is 4.62. The highest BCUT2D eigenvalue weighted by molar-refractivity contribution is 5.73. The maximum absolute atomic E-state index is 5.51. The zero-order chi connectivity index (χ0) is 11.9. The molecule has 1 aliphatic heterocycles. The molecular formula is C14H17IN3. The van der Waals surface area contributed by atoms with Crippen LogP contribution in [0.15, 0.2) is 48.2 Å². The molecule has 0 atom stereocenters. The third-order valence-electron chi connectivity index (χ3n) is 2.59. The zero-order valence-electron chi connectivity index (χ0n) is 10.1. The highest BCUT2D eigenvalue weighted by Crippen LogP contribution is 2.10. The molecule has 1 aliphatic rings. The summed E-state index contributed by atoms with van der Waals surface area (Å²) in [6, 6.07) is 8.36. The Bertz CT molecular complexity index is 447. The van der Waals surface area contributed by atoms with E-state index < -0.39 is 0 Å². The number of nitrogens with two attached hydrogens (primary N) is 1. The molecule has 0 aromatic heterocycles. The second-order valence-electron chi connectivity index (χ2n) is 3.91. The van der Waals surface area contributed by atoms with Crippen LogP contribution in [0.1, 0.15) is 5.56 Å². The van der Waals surface area contributed by atoms with E-state index in [1.54, 1.807) is 6.21 Å². The van der Waals surface area contributed by atoms with E-state index in [1.807, 2.05) is 18.2 Å². The van der Waals surface area contributed by atoms with Gasteiger partial charge in [-0.2, -0.15) is 0 Å². The first-order chi connectivity index (χ1) is 8.38. The first kappa shape index (κ1) is 14.9. The van der Waals surface area contributed by atoms with Crippen LogP contribution in [0, 0.1) is 0 Å². The van der Waals surface area contributed by atoms with E-state index in [-0.39, 0.29) is 24.0 Å². The van der Waals surface area contributed by atoms with Gasteiger partial charge in [-0.15, -0.1) is 0 Å². The highest BCUT2D eigenvalue weighted by atomic mass is 127. The number of aliphatic imine (C=N–C) groups is 1. The predicted octanol–water partition coefficient (Wildman–Crippen LogP) is -1.54. The number of anilines is 1. The van der Waals surface area contributed by atoms with Crippen molar-refractivity contribution < 1.29 is 24.0 Å². The third-order valence-corrected chi connectivity index (χ3v) is 2.59. The summed E-state index contributed by atoms with van der Waals surface area (Å²) in [5, 5.41) is 3.34. The molecule has 0 spiro atoms. The van der Waals surface area contributed by atoms with Gasteiger partial charge in [0.15, 0.2) is 0 Å². The second kappa shape index (κ2) is 8.05. The molecule has 0 amide bonds. The molecule has 2 rings (SSSR count). The van der Waals surface area contributed by atoms with E-state index in [1.165, 1.54) is 5.56 Å². The maximum Gasteiger partial charge on any atom is 0.272 e. The van der Waals surface area contributed by atoms with Gasteiger partial charge < -0.3 is 35.0 Å². The van der Waals surface area contributed by atoms with Gasteiger partial charge in [0.1, 0.15) is 6.54 Å². The minimum atomic E-state index is 0. The van der Waals surface area contributed by atoms with Gasteiger partial charge in [0, 0.05) is 17.8 Å². The number of benzene rings is 1. The Morgan fingerprint density at radius 3 is 2.50 bits per heavy atom. The second-order valence-corrected chi connectivity index (χ2v) is 3.91. The number of nitrogens with zero attached hydrogens (tertiary/aromatic N) is 1. The predicted molar refractivity (Wildman–Crippen MR) is 73.1 cm³/mol. The van der Waals surface area contributed by atoms with Crippen molar-refractivity contribution in [2.75, 3.05) is 18.4 Å². The number of rotatable bonds is 5. The van der Waals surface area contributed by atoms with Crippen molar-refractivity contribution in [2.24, 2.45) is 5.73 Å². The first-order valence-electron chi connectivity index (χ1n) is 5.81. The molecule has 1 radical (unpaired) electrons. The van der Waals surface area contributed by atoms with Crippen molar-refractivity contribution >= 4 is 11.9 Å². The van der Waals surface area contributed by atoms with Crippen LogP contribution < -0.4 is 40.0 Å². The Balaban J connectivity index is 0.00000162. The van der Waals surface area contributed by atoms with Crippen LogP contribution in [-0.2, 0) is 6.42 Å². The summed E-state index contributed by atoms with van der Waals surface area (Å²) < 4.78 is 0. The number of allylic oxidation sites excluding steroid dienone is 3. The molecule has 4 heteroatoms. The van der Waals surface area contributed by atoms with Crippen molar-refractivity contribution in [3.8, 4) is 0 Å². The van der Waals surface area contributed by atoms with Crippen LogP contribution in [0.5, 0.6) is 0 Å². The van der Waals surface area contributed by atoms with Gasteiger partial charge in [0.2, 0.25) is 6.21 Å². The molecule has 0 unspecified atom stereocenters. The molecule has 0 saturated carbocycles. The summed E-state index contributed by atoms with van der Waals surface area (Å²) >= 11 is 0. The van der Waals surface area contributed by atoms with Crippen LogP contribution >= 0.6 is 0 Å². The quantitative estimate of drug-likeness (QED) is 0.630. The molecule has 1 aromatic carbocycles.